The van der Waals surface area contributed by atoms with Crippen molar-refractivity contribution in [2.24, 2.45) is 0 Å². The Kier molecular flexibility index (Phi) is 5.65. The number of carbonyl (C=O) groups is 2. The molecule has 9 heteroatoms. The van der Waals surface area contributed by atoms with Gasteiger partial charge >= 0.3 is 11.9 Å². The summed E-state index contributed by atoms with van der Waals surface area (Å²) in [6.45, 7) is 5.39. The first-order valence-corrected chi connectivity index (χ1v) is 8.14. The fourth-order valence-electron chi connectivity index (χ4n) is 2.96. The molecule has 0 fully saturated rings. The van der Waals surface area contributed by atoms with Gasteiger partial charge in [0.15, 0.2) is 0 Å². The largest absolute Gasteiger partial charge is 0.478 e. The third-order valence-corrected chi connectivity index (χ3v) is 4.36. The maximum atomic E-state index is 12.1. The summed E-state index contributed by atoms with van der Waals surface area (Å²) in [4.78, 5) is 35.9. The van der Waals surface area contributed by atoms with Gasteiger partial charge in [0.25, 0.3) is 5.69 Å². The Morgan fingerprint density at radius 2 is 1.93 bits per heavy atom. The molecule has 0 spiro atoms. The first-order valence-electron chi connectivity index (χ1n) is 8.14. The molecular formula is C18H20N2O7. The highest BCUT2D eigenvalue weighted by Gasteiger charge is 2.42. The van der Waals surface area contributed by atoms with Crippen LogP contribution in [0, 0.1) is 10.1 Å². The van der Waals surface area contributed by atoms with Crippen LogP contribution in [0.3, 0.4) is 0 Å². The van der Waals surface area contributed by atoms with Crippen LogP contribution in [0.1, 0.15) is 26.3 Å². The molecule has 0 aliphatic carbocycles. The molecule has 1 aromatic rings. The first-order chi connectivity index (χ1) is 12.6. The zero-order valence-electron chi connectivity index (χ0n) is 15.1. The number of carboxylic acid groups (broad SMARTS) is 2. The third kappa shape index (κ3) is 3.82. The zero-order chi connectivity index (χ0) is 20.4. The summed E-state index contributed by atoms with van der Waals surface area (Å²) in [5.41, 5.74) is -1.73. The van der Waals surface area contributed by atoms with Crippen molar-refractivity contribution in [2.75, 3.05) is 13.3 Å². The molecule has 1 aromatic carbocycles. The predicted molar refractivity (Wildman–Crippen MR) is 95.8 cm³/mol. The van der Waals surface area contributed by atoms with E-state index in [0.29, 0.717) is 6.61 Å². The van der Waals surface area contributed by atoms with E-state index >= 15 is 0 Å². The highest BCUT2D eigenvalue weighted by Crippen LogP contribution is 2.41. The second-order valence-electron chi connectivity index (χ2n) is 6.36. The number of carboxylic acids is 2. The smallest absolute Gasteiger partial charge is 0.337 e. The molecular weight excluding hydrogens is 356 g/mol. The summed E-state index contributed by atoms with van der Waals surface area (Å²) >= 11 is 0. The number of non-ortho nitro benzene ring substituents is 1. The highest BCUT2D eigenvalue weighted by molar-refractivity contribution is 6.13. The SMILES string of the molecule is CCOCN1C=C(C(=O)O)C(c2cccc([N+](=O)[O-])c2)=C(C(=O)O)C1(C)C. The average Bonchev–Trinajstić information content (AvgIpc) is 2.59. The molecule has 1 heterocycles. The molecule has 0 aromatic heterocycles. The number of ether oxygens (including phenoxy) is 1. The van der Waals surface area contributed by atoms with Gasteiger partial charge < -0.3 is 19.8 Å². The van der Waals surface area contributed by atoms with Crippen LogP contribution >= 0.6 is 0 Å². The summed E-state index contributed by atoms with van der Waals surface area (Å²) in [6, 6.07) is 5.27. The Labute approximate surface area is 155 Å². The van der Waals surface area contributed by atoms with Crippen LogP contribution in [0.15, 0.2) is 41.6 Å². The number of aliphatic carboxylic acids is 2. The zero-order valence-corrected chi connectivity index (χ0v) is 15.1. The van der Waals surface area contributed by atoms with Crippen LogP contribution in [0.2, 0.25) is 0 Å². The van der Waals surface area contributed by atoms with E-state index in [2.05, 4.69) is 0 Å². The van der Waals surface area contributed by atoms with Crippen molar-refractivity contribution < 1.29 is 29.5 Å². The summed E-state index contributed by atoms with van der Waals surface area (Å²) in [6.07, 6.45) is 1.32. The number of nitrogens with zero attached hydrogens (tertiary/aromatic N) is 2. The third-order valence-electron chi connectivity index (χ3n) is 4.36. The van der Waals surface area contributed by atoms with Gasteiger partial charge in [-0.25, -0.2) is 9.59 Å². The van der Waals surface area contributed by atoms with Crippen LogP contribution in [0.5, 0.6) is 0 Å². The van der Waals surface area contributed by atoms with Gasteiger partial charge in [-0.05, 0) is 26.3 Å². The Morgan fingerprint density at radius 1 is 1.26 bits per heavy atom. The molecule has 1 aliphatic heterocycles. The second-order valence-corrected chi connectivity index (χ2v) is 6.36. The topological polar surface area (TPSA) is 130 Å². The summed E-state index contributed by atoms with van der Waals surface area (Å²) in [5, 5.41) is 30.6. The van der Waals surface area contributed by atoms with Crippen molar-refractivity contribution in [3.8, 4) is 0 Å². The van der Waals surface area contributed by atoms with E-state index in [0.717, 1.165) is 0 Å². The molecule has 27 heavy (non-hydrogen) atoms. The Bertz CT molecular complexity index is 855. The Balaban J connectivity index is 2.78. The molecule has 144 valence electrons. The minimum Gasteiger partial charge on any atom is -0.478 e. The summed E-state index contributed by atoms with van der Waals surface area (Å²) in [5.74, 6) is -2.65. The van der Waals surface area contributed by atoms with E-state index in [1.165, 1.54) is 35.4 Å². The summed E-state index contributed by atoms with van der Waals surface area (Å²) in [7, 11) is 0. The van der Waals surface area contributed by atoms with Crippen LogP contribution in [-0.2, 0) is 14.3 Å². The summed E-state index contributed by atoms with van der Waals surface area (Å²) < 4.78 is 5.34. The average molecular weight is 376 g/mol. The lowest BCUT2D eigenvalue weighted by atomic mass is 9.80. The quantitative estimate of drug-likeness (QED) is 0.548. The fourth-order valence-corrected chi connectivity index (χ4v) is 2.96. The van der Waals surface area contributed by atoms with Crippen molar-refractivity contribution in [3.05, 3.63) is 57.3 Å². The molecule has 0 radical (unpaired) electrons. The standard InChI is InChI=1S/C18H20N2O7/c1-4-27-10-19-9-13(16(21)22)14(15(17(23)24)18(19,2)3)11-6-5-7-12(8-11)20(25)26/h5-9H,4,10H2,1-3H3,(H,21,22)(H,23,24). The number of hydrogen-bond acceptors (Lipinski definition) is 6. The molecule has 0 atom stereocenters. The maximum absolute atomic E-state index is 12.1. The number of benzene rings is 1. The van der Waals surface area contributed by atoms with Crippen molar-refractivity contribution in [2.45, 2.75) is 26.3 Å². The van der Waals surface area contributed by atoms with Gasteiger partial charge in [-0.1, -0.05) is 12.1 Å². The normalized spacial score (nSPS) is 16.1. The lowest BCUT2D eigenvalue weighted by Crippen LogP contribution is -2.48. The molecule has 0 saturated heterocycles. The first kappa shape index (κ1) is 20.1. The van der Waals surface area contributed by atoms with Gasteiger partial charge in [0.05, 0.1) is 21.6 Å². The monoisotopic (exact) mass is 376 g/mol. The van der Waals surface area contributed by atoms with Gasteiger partial charge in [0.1, 0.15) is 6.73 Å². The van der Waals surface area contributed by atoms with Crippen molar-refractivity contribution in [3.63, 3.8) is 0 Å². The molecule has 0 bridgehead atoms. The van der Waals surface area contributed by atoms with Crippen molar-refractivity contribution in [1.82, 2.24) is 4.90 Å². The number of nitro groups is 1. The van der Waals surface area contributed by atoms with E-state index in [-0.39, 0.29) is 34.7 Å². The van der Waals surface area contributed by atoms with Gasteiger partial charge in [0.2, 0.25) is 0 Å². The van der Waals surface area contributed by atoms with E-state index < -0.39 is 22.4 Å². The lowest BCUT2D eigenvalue weighted by Gasteiger charge is -2.42. The molecule has 1 aliphatic rings. The Morgan fingerprint density at radius 3 is 2.44 bits per heavy atom. The molecule has 0 unspecified atom stereocenters. The van der Waals surface area contributed by atoms with Crippen LogP contribution < -0.4 is 0 Å². The Hall–Kier alpha value is -3.20. The number of rotatable bonds is 7. The van der Waals surface area contributed by atoms with Crippen LogP contribution in [0.4, 0.5) is 5.69 Å². The lowest BCUT2D eigenvalue weighted by molar-refractivity contribution is -0.384. The van der Waals surface area contributed by atoms with Crippen LogP contribution in [-0.4, -0.2) is 50.9 Å². The number of hydrogen-bond donors (Lipinski definition) is 2. The molecule has 2 rings (SSSR count). The predicted octanol–water partition coefficient (Wildman–Crippen LogP) is 2.49. The van der Waals surface area contributed by atoms with Crippen LogP contribution in [0.25, 0.3) is 5.57 Å². The van der Waals surface area contributed by atoms with E-state index in [9.17, 15) is 29.9 Å². The highest BCUT2D eigenvalue weighted by atomic mass is 16.6. The second kappa shape index (κ2) is 7.58. The van der Waals surface area contributed by atoms with E-state index in [1.807, 2.05) is 0 Å². The minimum absolute atomic E-state index is 0.000717. The fraction of sp³-hybridized carbons (Fsp3) is 0.333. The van der Waals surface area contributed by atoms with Gasteiger partial charge in [-0.2, -0.15) is 0 Å². The number of nitro benzene ring substituents is 1. The molecule has 2 N–H and O–H groups in total. The van der Waals surface area contributed by atoms with Crippen molar-refractivity contribution >= 4 is 23.2 Å². The molecule has 0 saturated carbocycles. The van der Waals surface area contributed by atoms with E-state index in [4.69, 9.17) is 4.74 Å². The van der Waals surface area contributed by atoms with Crippen molar-refractivity contribution in [1.29, 1.82) is 0 Å². The maximum Gasteiger partial charge on any atom is 0.337 e. The van der Waals surface area contributed by atoms with Gasteiger partial charge in [-0.15, -0.1) is 0 Å². The minimum atomic E-state index is -1.34. The molecule has 0 amide bonds. The van der Waals surface area contributed by atoms with E-state index in [1.54, 1.807) is 20.8 Å². The molecule has 9 nitrogen and oxygen atoms in total. The van der Waals surface area contributed by atoms with Gasteiger partial charge in [-0.3, -0.25) is 10.1 Å². The van der Waals surface area contributed by atoms with Gasteiger partial charge in [0, 0.05) is 30.5 Å².